The first-order chi connectivity index (χ1) is 17.5. The molecule has 1 fully saturated rings. The van der Waals surface area contributed by atoms with Crippen LogP contribution in [0, 0.1) is 5.92 Å². The molecule has 5 rings (SSSR count). The number of likely N-dealkylation sites (tertiary alicyclic amines) is 1. The lowest BCUT2D eigenvalue weighted by atomic mass is 9.96. The standard InChI is InChI=1S/C26H26N4O4S2/c27-24(32)16-7-11-30(12-8-16)22(31)6-3-10-28-25(33)23-18(9-13-35-23)26-29-19(15-36-26)21-14-17-4-1-2-5-20(17)34-21/h1-2,4-5,9,13-16H,3,6-8,10-12H2,(H2,27,32)(H,28,33). The summed E-state index contributed by atoms with van der Waals surface area (Å²) in [6.07, 6.45) is 2.14. The van der Waals surface area contributed by atoms with E-state index in [-0.39, 0.29) is 23.6 Å². The van der Waals surface area contributed by atoms with Gasteiger partial charge in [0.05, 0.1) is 0 Å². The van der Waals surface area contributed by atoms with Crippen molar-refractivity contribution in [1.29, 1.82) is 0 Å². The number of primary amides is 1. The number of nitrogens with zero attached hydrogens (tertiary/aromatic N) is 2. The van der Waals surface area contributed by atoms with Crippen LogP contribution >= 0.6 is 22.7 Å². The van der Waals surface area contributed by atoms with Gasteiger partial charge in [-0.25, -0.2) is 4.98 Å². The highest BCUT2D eigenvalue weighted by atomic mass is 32.1. The average molecular weight is 523 g/mol. The highest BCUT2D eigenvalue weighted by Crippen LogP contribution is 2.35. The van der Waals surface area contributed by atoms with E-state index < -0.39 is 0 Å². The van der Waals surface area contributed by atoms with Crippen LogP contribution in [-0.4, -0.2) is 47.2 Å². The minimum atomic E-state index is -0.291. The smallest absolute Gasteiger partial charge is 0.262 e. The Kier molecular flexibility index (Phi) is 7.15. The van der Waals surface area contributed by atoms with Crippen LogP contribution in [0.25, 0.3) is 33.0 Å². The number of thiophene rings is 1. The van der Waals surface area contributed by atoms with Crippen LogP contribution in [0.15, 0.2) is 51.6 Å². The summed E-state index contributed by atoms with van der Waals surface area (Å²) in [6.45, 7) is 1.52. The first-order valence-corrected chi connectivity index (χ1v) is 13.6. The van der Waals surface area contributed by atoms with E-state index in [0.29, 0.717) is 56.0 Å². The van der Waals surface area contributed by atoms with Crippen molar-refractivity contribution in [2.75, 3.05) is 19.6 Å². The van der Waals surface area contributed by atoms with Gasteiger partial charge in [-0.1, -0.05) is 18.2 Å². The summed E-state index contributed by atoms with van der Waals surface area (Å²) in [6, 6.07) is 11.7. The second-order valence-electron chi connectivity index (χ2n) is 8.77. The van der Waals surface area contributed by atoms with E-state index in [2.05, 4.69) is 5.32 Å². The van der Waals surface area contributed by atoms with Gasteiger partial charge in [-0.2, -0.15) is 0 Å². The maximum absolute atomic E-state index is 12.9. The molecule has 1 aliphatic rings. The van der Waals surface area contributed by atoms with Crippen LogP contribution in [0.4, 0.5) is 0 Å². The second-order valence-corrected chi connectivity index (χ2v) is 10.5. The number of aromatic nitrogens is 1. The molecule has 1 saturated heterocycles. The Hall–Kier alpha value is -3.50. The minimum Gasteiger partial charge on any atom is -0.454 e. The summed E-state index contributed by atoms with van der Waals surface area (Å²) in [7, 11) is 0. The molecule has 36 heavy (non-hydrogen) atoms. The number of benzene rings is 1. The van der Waals surface area contributed by atoms with Crippen molar-refractivity contribution >= 4 is 51.4 Å². The molecule has 0 saturated carbocycles. The summed E-state index contributed by atoms with van der Waals surface area (Å²) in [5.41, 5.74) is 7.70. The van der Waals surface area contributed by atoms with Crippen molar-refractivity contribution in [2.24, 2.45) is 11.7 Å². The third kappa shape index (κ3) is 5.19. The van der Waals surface area contributed by atoms with Crippen molar-refractivity contribution in [3.05, 3.63) is 52.0 Å². The number of para-hydroxylation sites is 1. The number of carbonyl (C=O) groups excluding carboxylic acids is 3. The van der Waals surface area contributed by atoms with Gasteiger partial charge < -0.3 is 20.4 Å². The molecule has 3 amide bonds. The quantitative estimate of drug-likeness (QED) is 0.330. The fourth-order valence-electron chi connectivity index (χ4n) is 4.37. The second kappa shape index (κ2) is 10.6. The molecule has 1 aromatic carbocycles. The Bertz CT molecular complexity index is 1360. The Balaban J connectivity index is 1.15. The van der Waals surface area contributed by atoms with Crippen LogP contribution in [0.3, 0.4) is 0 Å². The van der Waals surface area contributed by atoms with E-state index in [9.17, 15) is 14.4 Å². The normalized spacial score (nSPS) is 14.3. The first-order valence-electron chi connectivity index (χ1n) is 11.9. The summed E-state index contributed by atoms with van der Waals surface area (Å²) < 4.78 is 5.92. The predicted molar refractivity (Wildman–Crippen MR) is 141 cm³/mol. The number of hydrogen-bond donors (Lipinski definition) is 2. The fraction of sp³-hybridized carbons (Fsp3) is 0.308. The molecule has 0 aliphatic carbocycles. The molecule has 1 aliphatic heterocycles. The zero-order chi connectivity index (χ0) is 25.1. The Morgan fingerprint density at radius 3 is 2.72 bits per heavy atom. The lowest BCUT2D eigenvalue weighted by molar-refractivity contribution is -0.134. The first kappa shape index (κ1) is 24.2. The molecule has 3 aromatic heterocycles. The summed E-state index contributed by atoms with van der Waals surface area (Å²) >= 11 is 2.84. The molecule has 3 N–H and O–H groups in total. The fourth-order valence-corrected chi connectivity index (χ4v) is 6.08. The Morgan fingerprint density at radius 2 is 1.94 bits per heavy atom. The zero-order valence-corrected chi connectivity index (χ0v) is 21.2. The van der Waals surface area contributed by atoms with Crippen LogP contribution in [-0.2, 0) is 9.59 Å². The lowest BCUT2D eigenvalue weighted by Gasteiger charge is -2.30. The molecule has 0 bridgehead atoms. The van der Waals surface area contributed by atoms with E-state index in [0.717, 1.165) is 27.2 Å². The van der Waals surface area contributed by atoms with Crippen molar-refractivity contribution in [3.8, 4) is 22.0 Å². The predicted octanol–water partition coefficient (Wildman–Crippen LogP) is 4.52. The molecular weight excluding hydrogens is 496 g/mol. The molecule has 4 aromatic rings. The van der Waals surface area contributed by atoms with Crippen LogP contribution in [0.2, 0.25) is 0 Å². The van der Waals surface area contributed by atoms with Gasteiger partial charge in [-0.05, 0) is 42.8 Å². The SMILES string of the molecule is NC(=O)C1CCN(C(=O)CCCNC(=O)c2sccc2-c2nc(-c3cc4ccccc4o3)cs2)CC1. The van der Waals surface area contributed by atoms with Gasteiger partial charge in [0.15, 0.2) is 5.76 Å². The summed E-state index contributed by atoms with van der Waals surface area (Å²) in [4.78, 5) is 43.7. The molecule has 0 unspecified atom stereocenters. The van der Waals surface area contributed by atoms with Gasteiger partial charge in [0.2, 0.25) is 11.8 Å². The molecule has 8 nitrogen and oxygen atoms in total. The number of nitrogens with one attached hydrogen (secondary N) is 1. The van der Waals surface area contributed by atoms with Crippen molar-refractivity contribution in [1.82, 2.24) is 15.2 Å². The van der Waals surface area contributed by atoms with Crippen molar-refractivity contribution in [3.63, 3.8) is 0 Å². The monoisotopic (exact) mass is 522 g/mol. The number of piperidine rings is 1. The number of rotatable bonds is 8. The highest BCUT2D eigenvalue weighted by Gasteiger charge is 2.25. The number of nitrogens with two attached hydrogens (primary N) is 1. The Morgan fingerprint density at radius 1 is 1.14 bits per heavy atom. The van der Waals surface area contributed by atoms with Gasteiger partial charge in [-0.15, -0.1) is 22.7 Å². The van der Waals surface area contributed by atoms with Gasteiger partial charge in [0, 0.05) is 48.3 Å². The van der Waals surface area contributed by atoms with Gasteiger partial charge >= 0.3 is 0 Å². The summed E-state index contributed by atoms with van der Waals surface area (Å²) in [5, 5.41) is 8.52. The van der Waals surface area contributed by atoms with Crippen molar-refractivity contribution in [2.45, 2.75) is 25.7 Å². The van der Waals surface area contributed by atoms with E-state index in [1.807, 2.05) is 47.2 Å². The van der Waals surface area contributed by atoms with E-state index >= 15 is 0 Å². The van der Waals surface area contributed by atoms with Crippen LogP contribution in [0.1, 0.15) is 35.4 Å². The molecule has 0 spiro atoms. The van der Waals surface area contributed by atoms with E-state index in [1.54, 1.807) is 4.90 Å². The highest BCUT2D eigenvalue weighted by molar-refractivity contribution is 7.15. The molecule has 186 valence electrons. The van der Waals surface area contributed by atoms with E-state index in [4.69, 9.17) is 15.1 Å². The Labute approximate surface area is 216 Å². The summed E-state index contributed by atoms with van der Waals surface area (Å²) in [5.74, 6) is 0.144. The number of thiazole rings is 1. The van der Waals surface area contributed by atoms with Crippen molar-refractivity contribution < 1.29 is 18.8 Å². The lowest BCUT2D eigenvalue weighted by Crippen LogP contribution is -2.41. The molecule has 0 radical (unpaired) electrons. The zero-order valence-electron chi connectivity index (χ0n) is 19.6. The van der Waals surface area contributed by atoms with Crippen LogP contribution < -0.4 is 11.1 Å². The number of furan rings is 1. The maximum Gasteiger partial charge on any atom is 0.262 e. The largest absolute Gasteiger partial charge is 0.454 e. The molecule has 10 heteroatoms. The van der Waals surface area contributed by atoms with Gasteiger partial charge in [0.1, 0.15) is 21.2 Å². The maximum atomic E-state index is 12.9. The number of hydrogen-bond acceptors (Lipinski definition) is 7. The van der Waals surface area contributed by atoms with Gasteiger partial charge in [0.25, 0.3) is 5.91 Å². The van der Waals surface area contributed by atoms with Crippen LogP contribution in [0.5, 0.6) is 0 Å². The third-order valence-electron chi connectivity index (χ3n) is 6.39. The molecule has 4 heterocycles. The molecule has 0 atom stereocenters. The minimum absolute atomic E-state index is 0.0462. The average Bonchev–Trinajstić information content (AvgIpc) is 3.64. The van der Waals surface area contributed by atoms with E-state index in [1.165, 1.54) is 22.7 Å². The van der Waals surface area contributed by atoms with Gasteiger partial charge in [-0.3, -0.25) is 14.4 Å². The number of fused-ring (bicyclic) bond motifs is 1. The third-order valence-corrected chi connectivity index (χ3v) is 8.18. The number of amides is 3. The topological polar surface area (TPSA) is 119 Å². The number of carbonyl (C=O) groups is 3. The molecular formula is C26H26N4O4S2.